The number of aromatic nitrogens is 2. The molecule has 1 aromatic carbocycles. The molecule has 0 radical (unpaired) electrons. The van der Waals surface area contributed by atoms with Crippen molar-refractivity contribution in [3.05, 3.63) is 45.7 Å². The van der Waals surface area contributed by atoms with Crippen LogP contribution in [0.3, 0.4) is 0 Å². The summed E-state index contributed by atoms with van der Waals surface area (Å²) in [5, 5.41) is 8.26. The summed E-state index contributed by atoms with van der Waals surface area (Å²) >= 11 is 9.48. The number of nitrogens with zero attached hydrogens (tertiary/aromatic N) is 2. The maximum absolute atomic E-state index is 5.87. The van der Waals surface area contributed by atoms with E-state index in [2.05, 4.69) is 52.3 Å². The van der Waals surface area contributed by atoms with Crippen LogP contribution < -0.4 is 5.32 Å². The molecule has 0 aliphatic carbocycles. The second-order valence-corrected chi connectivity index (χ2v) is 6.19. The fraction of sp³-hybridized carbons (Fsp3) is 0.357. The summed E-state index contributed by atoms with van der Waals surface area (Å²) in [7, 11) is 0. The number of hydrogen-bond donors (Lipinski definition) is 1. The second kappa shape index (κ2) is 6.55. The highest BCUT2D eigenvalue weighted by Crippen LogP contribution is 2.21. The largest absolute Gasteiger partial charge is 0.312 e. The van der Waals surface area contributed by atoms with Gasteiger partial charge < -0.3 is 5.32 Å². The number of nitrogens with one attached hydrogen (secondary N) is 1. The first kappa shape index (κ1) is 14.6. The molecular formula is C14H17BrClN3. The van der Waals surface area contributed by atoms with Gasteiger partial charge in [-0.3, -0.25) is 0 Å². The molecule has 0 amide bonds. The maximum Gasteiger partial charge on any atom is 0.0790 e. The predicted octanol–water partition coefficient (Wildman–Crippen LogP) is 4.03. The fourth-order valence-electron chi connectivity index (χ4n) is 1.76. The van der Waals surface area contributed by atoms with Gasteiger partial charge in [-0.05, 0) is 30.2 Å². The number of rotatable bonds is 5. The average Bonchev–Trinajstić information content (AvgIpc) is 2.77. The monoisotopic (exact) mass is 341 g/mol. The minimum atomic E-state index is 0.638. The van der Waals surface area contributed by atoms with Crippen molar-refractivity contribution in [2.75, 3.05) is 6.54 Å². The van der Waals surface area contributed by atoms with Gasteiger partial charge in [0.25, 0.3) is 0 Å². The Morgan fingerprint density at radius 1 is 1.42 bits per heavy atom. The standard InChI is InChI=1S/C14H17BrClN3/c1-10(2)6-17-7-11-3-4-13(5-14(11)15)19-9-12(16)8-18-19/h3-5,8-10,17H,6-7H2,1-2H3. The molecular weight excluding hydrogens is 326 g/mol. The van der Waals surface area contributed by atoms with Gasteiger partial charge in [0.15, 0.2) is 0 Å². The summed E-state index contributed by atoms with van der Waals surface area (Å²) in [5.74, 6) is 0.657. The van der Waals surface area contributed by atoms with Crippen molar-refractivity contribution in [3.8, 4) is 5.69 Å². The fourth-order valence-corrected chi connectivity index (χ4v) is 2.40. The first-order valence-corrected chi connectivity index (χ1v) is 7.43. The van der Waals surface area contributed by atoms with E-state index < -0.39 is 0 Å². The highest BCUT2D eigenvalue weighted by atomic mass is 79.9. The zero-order chi connectivity index (χ0) is 13.8. The summed E-state index contributed by atoms with van der Waals surface area (Å²) in [5.41, 5.74) is 2.23. The molecule has 0 atom stereocenters. The first-order chi connectivity index (χ1) is 9.06. The lowest BCUT2D eigenvalue weighted by atomic mass is 10.2. The van der Waals surface area contributed by atoms with E-state index in [1.807, 2.05) is 6.07 Å². The van der Waals surface area contributed by atoms with Gasteiger partial charge in [-0.25, -0.2) is 4.68 Å². The zero-order valence-corrected chi connectivity index (χ0v) is 13.4. The molecule has 0 bridgehead atoms. The molecule has 0 saturated carbocycles. The van der Waals surface area contributed by atoms with E-state index in [0.717, 1.165) is 23.2 Å². The number of hydrogen-bond acceptors (Lipinski definition) is 2. The van der Waals surface area contributed by atoms with E-state index in [0.29, 0.717) is 10.9 Å². The Labute approximate surface area is 127 Å². The van der Waals surface area contributed by atoms with Crippen LogP contribution in [0.15, 0.2) is 35.1 Å². The third-order valence-electron chi connectivity index (χ3n) is 2.72. The highest BCUT2D eigenvalue weighted by Gasteiger charge is 2.04. The van der Waals surface area contributed by atoms with E-state index >= 15 is 0 Å². The molecule has 0 unspecified atom stereocenters. The van der Waals surface area contributed by atoms with Gasteiger partial charge in [0, 0.05) is 17.2 Å². The van der Waals surface area contributed by atoms with Gasteiger partial charge in [0.2, 0.25) is 0 Å². The Hall–Kier alpha value is -0.840. The molecule has 1 aromatic heterocycles. The quantitative estimate of drug-likeness (QED) is 0.889. The molecule has 102 valence electrons. The van der Waals surface area contributed by atoms with Gasteiger partial charge in [0.1, 0.15) is 0 Å². The smallest absolute Gasteiger partial charge is 0.0790 e. The Morgan fingerprint density at radius 2 is 2.21 bits per heavy atom. The van der Waals surface area contributed by atoms with Crippen LogP contribution in [0.5, 0.6) is 0 Å². The lowest BCUT2D eigenvalue weighted by Crippen LogP contribution is -2.19. The molecule has 0 spiro atoms. The summed E-state index contributed by atoms with van der Waals surface area (Å²) < 4.78 is 2.84. The molecule has 0 fully saturated rings. The van der Waals surface area contributed by atoms with Gasteiger partial charge in [-0.2, -0.15) is 5.10 Å². The minimum Gasteiger partial charge on any atom is -0.312 e. The normalized spacial score (nSPS) is 11.2. The highest BCUT2D eigenvalue weighted by molar-refractivity contribution is 9.10. The van der Waals surface area contributed by atoms with Crippen LogP contribution in [0.4, 0.5) is 0 Å². The van der Waals surface area contributed by atoms with Gasteiger partial charge >= 0.3 is 0 Å². The Kier molecular flexibility index (Phi) is 5.02. The van der Waals surface area contributed by atoms with Crippen LogP contribution in [0, 0.1) is 5.92 Å². The lowest BCUT2D eigenvalue weighted by molar-refractivity contribution is 0.552. The van der Waals surface area contributed by atoms with E-state index in [-0.39, 0.29) is 0 Å². The third-order valence-corrected chi connectivity index (χ3v) is 3.65. The molecule has 1 N–H and O–H groups in total. The molecule has 1 heterocycles. The maximum atomic E-state index is 5.87. The Bertz CT molecular complexity index is 551. The Balaban J connectivity index is 2.09. The van der Waals surface area contributed by atoms with Crippen molar-refractivity contribution < 1.29 is 0 Å². The summed E-state index contributed by atoms with van der Waals surface area (Å²) in [4.78, 5) is 0. The van der Waals surface area contributed by atoms with E-state index in [9.17, 15) is 0 Å². The van der Waals surface area contributed by atoms with Crippen molar-refractivity contribution in [3.63, 3.8) is 0 Å². The molecule has 0 saturated heterocycles. The van der Waals surface area contributed by atoms with Crippen molar-refractivity contribution in [1.82, 2.24) is 15.1 Å². The van der Waals surface area contributed by atoms with E-state index in [4.69, 9.17) is 11.6 Å². The summed E-state index contributed by atoms with van der Waals surface area (Å²) in [6.07, 6.45) is 3.42. The summed E-state index contributed by atoms with van der Waals surface area (Å²) in [6.45, 7) is 6.28. The third kappa shape index (κ3) is 4.06. The molecule has 0 aliphatic heterocycles. The molecule has 19 heavy (non-hydrogen) atoms. The lowest BCUT2D eigenvalue weighted by Gasteiger charge is -2.10. The molecule has 2 aromatic rings. The van der Waals surface area contributed by atoms with Crippen molar-refractivity contribution in [1.29, 1.82) is 0 Å². The van der Waals surface area contributed by atoms with Gasteiger partial charge in [0.05, 0.1) is 16.9 Å². The van der Waals surface area contributed by atoms with Crippen LogP contribution in [0.1, 0.15) is 19.4 Å². The van der Waals surface area contributed by atoms with Crippen LogP contribution in [-0.4, -0.2) is 16.3 Å². The van der Waals surface area contributed by atoms with Crippen molar-refractivity contribution >= 4 is 27.5 Å². The van der Waals surface area contributed by atoms with Crippen LogP contribution in [0.2, 0.25) is 5.02 Å². The van der Waals surface area contributed by atoms with Gasteiger partial charge in [-0.1, -0.05) is 47.4 Å². The predicted molar refractivity (Wildman–Crippen MR) is 82.8 cm³/mol. The summed E-state index contributed by atoms with van der Waals surface area (Å²) in [6, 6.07) is 6.19. The topological polar surface area (TPSA) is 29.9 Å². The first-order valence-electron chi connectivity index (χ1n) is 6.26. The minimum absolute atomic E-state index is 0.638. The SMILES string of the molecule is CC(C)CNCc1ccc(-n2cc(Cl)cn2)cc1Br. The van der Waals surface area contributed by atoms with E-state index in [1.165, 1.54) is 5.56 Å². The van der Waals surface area contributed by atoms with Crippen molar-refractivity contribution in [2.24, 2.45) is 5.92 Å². The van der Waals surface area contributed by atoms with E-state index in [1.54, 1.807) is 17.1 Å². The van der Waals surface area contributed by atoms with Crippen molar-refractivity contribution in [2.45, 2.75) is 20.4 Å². The van der Waals surface area contributed by atoms with Gasteiger partial charge in [-0.15, -0.1) is 0 Å². The number of benzene rings is 1. The molecule has 0 aliphatic rings. The number of halogens is 2. The molecule has 3 nitrogen and oxygen atoms in total. The molecule has 5 heteroatoms. The zero-order valence-electron chi connectivity index (χ0n) is 11.0. The van der Waals surface area contributed by atoms with Crippen LogP contribution in [-0.2, 0) is 6.54 Å². The average molecular weight is 343 g/mol. The second-order valence-electron chi connectivity index (χ2n) is 4.90. The van der Waals surface area contributed by atoms with Crippen LogP contribution in [0.25, 0.3) is 5.69 Å². The Morgan fingerprint density at radius 3 is 2.79 bits per heavy atom. The molecule has 2 rings (SSSR count). The van der Waals surface area contributed by atoms with Crippen LogP contribution >= 0.6 is 27.5 Å².